The van der Waals surface area contributed by atoms with Gasteiger partial charge in [-0.1, -0.05) is 29.9 Å². The van der Waals surface area contributed by atoms with Crippen LogP contribution in [-0.4, -0.2) is 32.2 Å². The van der Waals surface area contributed by atoms with Gasteiger partial charge < -0.3 is 5.32 Å². The van der Waals surface area contributed by atoms with E-state index in [2.05, 4.69) is 15.0 Å². The molecule has 0 spiro atoms. The number of hydrogen-bond donors (Lipinski definition) is 2. The molecular formula is C8H11ClN4O2S2. The van der Waals surface area contributed by atoms with Crippen LogP contribution in [0, 0.1) is 11.3 Å². The van der Waals surface area contributed by atoms with E-state index < -0.39 is 10.0 Å². The zero-order chi connectivity index (χ0) is 12.9. The third kappa shape index (κ3) is 4.47. The van der Waals surface area contributed by atoms with Gasteiger partial charge in [-0.2, -0.15) is 5.26 Å². The van der Waals surface area contributed by atoms with E-state index in [4.69, 9.17) is 16.9 Å². The van der Waals surface area contributed by atoms with Crippen LogP contribution in [-0.2, 0) is 10.0 Å². The van der Waals surface area contributed by atoms with Crippen molar-refractivity contribution in [1.82, 2.24) is 9.71 Å². The highest BCUT2D eigenvalue weighted by atomic mass is 35.5. The molecule has 0 aliphatic rings. The lowest BCUT2D eigenvalue weighted by Gasteiger charge is -2.04. The fraction of sp³-hybridized carbons (Fsp3) is 0.500. The summed E-state index contributed by atoms with van der Waals surface area (Å²) in [6.45, 7) is 2.29. The van der Waals surface area contributed by atoms with Crippen molar-refractivity contribution in [1.29, 1.82) is 5.26 Å². The molecule has 0 radical (unpaired) electrons. The molecule has 0 saturated carbocycles. The predicted octanol–water partition coefficient (Wildman–Crippen LogP) is 1.02. The summed E-state index contributed by atoms with van der Waals surface area (Å²) < 4.78 is 25.0. The Bertz CT molecular complexity index is 520. The molecule has 17 heavy (non-hydrogen) atoms. The summed E-state index contributed by atoms with van der Waals surface area (Å²) in [7, 11) is -3.24. The van der Waals surface area contributed by atoms with Gasteiger partial charge in [-0.3, -0.25) is 0 Å². The first-order valence-corrected chi connectivity index (χ1v) is 7.61. The third-order valence-corrected chi connectivity index (χ3v) is 4.47. The van der Waals surface area contributed by atoms with E-state index in [9.17, 15) is 8.42 Å². The highest BCUT2D eigenvalue weighted by Gasteiger charge is 2.10. The maximum absolute atomic E-state index is 11.3. The van der Waals surface area contributed by atoms with Crippen molar-refractivity contribution >= 4 is 38.1 Å². The minimum absolute atomic E-state index is 0.0556. The van der Waals surface area contributed by atoms with E-state index in [0.717, 1.165) is 11.3 Å². The van der Waals surface area contributed by atoms with Crippen molar-refractivity contribution in [3.05, 3.63) is 10.0 Å². The average molecular weight is 295 g/mol. The van der Waals surface area contributed by atoms with Crippen LogP contribution in [0.1, 0.15) is 11.8 Å². The van der Waals surface area contributed by atoms with Gasteiger partial charge in [0.2, 0.25) is 10.0 Å². The number of anilines is 1. The highest BCUT2D eigenvalue weighted by molar-refractivity contribution is 7.89. The molecule has 0 saturated heterocycles. The Kier molecular flexibility index (Phi) is 5.14. The minimum Gasteiger partial charge on any atom is -0.360 e. The Morgan fingerprint density at radius 3 is 2.82 bits per heavy atom. The molecule has 0 atom stereocenters. The van der Waals surface area contributed by atoms with Gasteiger partial charge in [0.15, 0.2) is 10.3 Å². The lowest BCUT2D eigenvalue weighted by atomic mass is 10.6. The molecule has 0 bridgehead atoms. The van der Waals surface area contributed by atoms with E-state index in [1.54, 1.807) is 6.92 Å². The summed E-state index contributed by atoms with van der Waals surface area (Å²) in [6, 6.07) is 1.90. The molecule has 94 valence electrons. The second-order valence-corrected chi connectivity index (χ2v) is 6.28. The zero-order valence-corrected chi connectivity index (χ0v) is 11.4. The molecule has 6 nitrogen and oxygen atoms in total. The number of nitriles is 1. The topological polar surface area (TPSA) is 94.9 Å². The molecule has 9 heteroatoms. The lowest BCUT2D eigenvalue weighted by molar-refractivity contribution is 0.584. The van der Waals surface area contributed by atoms with Crippen LogP contribution < -0.4 is 10.0 Å². The van der Waals surface area contributed by atoms with Crippen LogP contribution in [0.4, 0.5) is 5.13 Å². The molecule has 0 fully saturated rings. The molecule has 1 aromatic heterocycles. The van der Waals surface area contributed by atoms with Crippen molar-refractivity contribution in [2.24, 2.45) is 0 Å². The Balaban J connectivity index is 2.49. The SMILES string of the molecule is CCNS(=O)(=O)CCNc1nc(Cl)c(C#N)s1. The molecule has 0 aliphatic heterocycles. The van der Waals surface area contributed by atoms with E-state index >= 15 is 0 Å². The standard InChI is InChI=1S/C8H11ClN4O2S2/c1-2-12-17(14,15)4-3-11-8-13-7(9)6(5-10)16-8/h12H,2-4H2,1H3,(H,11,13). The van der Waals surface area contributed by atoms with Gasteiger partial charge in [0.25, 0.3) is 0 Å². The van der Waals surface area contributed by atoms with Crippen molar-refractivity contribution in [3.8, 4) is 6.07 Å². The Labute approximate surface area is 109 Å². The number of nitrogens with zero attached hydrogens (tertiary/aromatic N) is 2. The predicted molar refractivity (Wildman–Crippen MR) is 67.8 cm³/mol. The molecule has 0 amide bonds. The van der Waals surface area contributed by atoms with Crippen molar-refractivity contribution in [3.63, 3.8) is 0 Å². The van der Waals surface area contributed by atoms with Crippen LogP contribution in [0.2, 0.25) is 5.15 Å². The Hall–Kier alpha value is -0.880. The number of nitrogens with one attached hydrogen (secondary N) is 2. The summed E-state index contributed by atoms with van der Waals surface area (Å²) in [5, 5.41) is 12.0. The lowest BCUT2D eigenvalue weighted by Crippen LogP contribution is -2.29. The van der Waals surface area contributed by atoms with Crippen LogP contribution in [0.5, 0.6) is 0 Å². The van der Waals surface area contributed by atoms with Crippen LogP contribution in [0.15, 0.2) is 0 Å². The van der Waals surface area contributed by atoms with Crippen molar-refractivity contribution in [2.45, 2.75) is 6.92 Å². The molecule has 2 N–H and O–H groups in total. The molecule has 1 heterocycles. The summed E-state index contributed by atoms with van der Waals surface area (Å²) in [5.41, 5.74) is 0. The number of rotatable bonds is 6. The van der Waals surface area contributed by atoms with Crippen LogP contribution >= 0.6 is 22.9 Å². The third-order valence-electron chi connectivity index (χ3n) is 1.70. The smallest absolute Gasteiger partial charge is 0.213 e. The van der Waals surface area contributed by atoms with Crippen molar-refractivity contribution < 1.29 is 8.42 Å². The van der Waals surface area contributed by atoms with E-state index in [1.807, 2.05) is 6.07 Å². The van der Waals surface area contributed by atoms with Crippen molar-refractivity contribution in [2.75, 3.05) is 24.2 Å². The van der Waals surface area contributed by atoms with Gasteiger partial charge in [-0.15, -0.1) is 0 Å². The second-order valence-electron chi connectivity index (χ2n) is 2.99. The first-order valence-electron chi connectivity index (χ1n) is 4.76. The number of hydrogen-bond acceptors (Lipinski definition) is 6. The minimum atomic E-state index is -3.24. The quantitative estimate of drug-likeness (QED) is 0.817. The average Bonchev–Trinajstić information content (AvgIpc) is 2.58. The fourth-order valence-corrected chi connectivity index (χ4v) is 2.96. The number of aromatic nitrogens is 1. The van der Waals surface area contributed by atoms with Crippen LogP contribution in [0.3, 0.4) is 0 Å². The Morgan fingerprint density at radius 2 is 2.29 bits per heavy atom. The van der Waals surface area contributed by atoms with Gasteiger partial charge in [0.1, 0.15) is 10.9 Å². The number of sulfonamides is 1. The van der Waals surface area contributed by atoms with E-state index in [-0.39, 0.29) is 17.5 Å². The summed E-state index contributed by atoms with van der Waals surface area (Å²) in [4.78, 5) is 4.19. The van der Waals surface area contributed by atoms with Gasteiger partial charge in [0.05, 0.1) is 5.75 Å². The van der Waals surface area contributed by atoms with Gasteiger partial charge in [0, 0.05) is 13.1 Å². The monoisotopic (exact) mass is 294 g/mol. The van der Waals surface area contributed by atoms with Crippen LogP contribution in [0.25, 0.3) is 0 Å². The molecule has 1 rings (SSSR count). The maximum atomic E-state index is 11.3. The normalized spacial score (nSPS) is 11.1. The first-order chi connectivity index (χ1) is 7.98. The van der Waals surface area contributed by atoms with E-state index in [0.29, 0.717) is 16.6 Å². The van der Waals surface area contributed by atoms with Gasteiger partial charge in [-0.25, -0.2) is 18.1 Å². The molecular weight excluding hydrogens is 284 g/mol. The molecule has 1 aromatic rings. The first kappa shape index (κ1) is 14.2. The summed E-state index contributed by atoms with van der Waals surface area (Å²) in [6.07, 6.45) is 0. The summed E-state index contributed by atoms with van der Waals surface area (Å²) >= 11 is 6.76. The van der Waals surface area contributed by atoms with Gasteiger partial charge >= 0.3 is 0 Å². The molecule has 0 aliphatic carbocycles. The number of halogens is 1. The molecule has 0 unspecified atom stereocenters. The largest absolute Gasteiger partial charge is 0.360 e. The Morgan fingerprint density at radius 1 is 1.59 bits per heavy atom. The van der Waals surface area contributed by atoms with Gasteiger partial charge in [-0.05, 0) is 0 Å². The highest BCUT2D eigenvalue weighted by Crippen LogP contribution is 2.25. The molecule has 0 aromatic carbocycles. The second kappa shape index (κ2) is 6.16. The maximum Gasteiger partial charge on any atom is 0.213 e. The number of thiazole rings is 1. The fourth-order valence-electron chi connectivity index (χ4n) is 1.03. The summed E-state index contributed by atoms with van der Waals surface area (Å²) in [5.74, 6) is -0.0556. The zero-order valence-electron chi connectivity index (χ0n) is 9.03. The van der Waals surface area contributed by atoms with E-state index in [1.165, 1.54) is 0 Å².